The Balaban J connectivity index is 0.000000196. The standard InChI is InChI=1S/C16H25NO.C16H25N/c1-5-15(6-2)13-11-9-10-12-14(13)16(7-3,8-4)17(15)18;1-5-15(6-2)13-11-9-10-12-14(13)16(7-3,8-4)17-15/h9-12,18H,5-8H2,1-4H3;9-12,17H,5-8H2,1-4H3. The number of rotatable bonds is 8. The molecule has 3 heteroatoms. The Bertz CT molecular complexity index is 889. The smallest absolute Gasteiger partial charge is 0.0717 e. The van der Waals surface area contributed by atoms with Gasteiger partial charge in [0.15, 0.2) is 0 Å². The van der Waals surface area contributed by atoms with Crippen molar-refractivity contribution >= 4 is 0 Å². The van der Waals surface area contributed by atoms with Gasteiger partial charge in [0.25, 0.3) is 0 Å². The van der Waals surface area contributed by atoms with Crippen molar-refractivity contribution in [3.8, 4) is 0 Å². The van der Waals surface area contributed by atoms with Crippen LogP contribution in [0.2, 0.25) is 0 Å². The normalized spacial score (nSPS) is 20.6. The molecule has 194 valence electrons. The molecular weight excluding hydrogens is 428 g/mol. The second-order valence-corrected chi connectivity index (χ2v) is 10.6. The van der Waals surface area contributed by atoms with Crippen LogP contribution in [-0.4, -0.2) is 10.3 Å². The average molecular weight is 479 g/mol. The van der Waals surface area contributed by atoms with Gasteiger partial charge in [-0.3, -0.25) is 5.32 Å². The maximum absolute atomic E-state index is 10.9. The van der Waals surface area contributed by atoms with Gasteiger partial charge in [0.1, 0.15) is 0 Å². The molecule has 0 saturated heterocycles. The molecule has 0 aliphatic carbocycles. The van der Waals surface area contributed by atoms with Crippen molar-refractivity contribution in [3.63, 3.8) is 0 Å². The minimum atomic E-state index is -0.206. The lowest BCUT2D eigenvalue weighted by molar-refractivity contribution is -0.241. The minimum absolute atomic E-state index is 0.197. The predicted octanol–water partition coefficient (Wildman–Crippen LogP) is 8.74. The molecule has 0 atom stereocenters. The van der Waals surface area contributed by atoms with Crippen molar-refractivity contribution in [2.24, 2.45) is 0 Å². The molecule has 0 amide bonds. The molecule has 0 radical (unpaired) electrons. The highest BCUT2D eigenvalue weighted by atomic mass is 16.5. The molecule has 0 saturated carbocycles. The van der Waals surface area contributed by atoms with Crippen molar-refractivity contribution in [1.29, 1.82) is 0 Å². The van der Waals surface area contributed by atoms with Gasteiger partial charge in [-0.25, -0.2) is 0 Å². The van der Waals surface area contributed by atoms with E-state index in [9.17, 15) is 5.21 Å². The lowest BCUT2D eigenvalue weighted by Crippen LogP contribution is -2.48. The Morgan fingerprint density at radius 3 is 1.06 bits per heavy atom. The number of nitrogens with zero attached hydrogens (tertiary/aromatic N) is 1. The van der Waals surface area contributed by atoms with Crippen LogP contribution in [0, 0.1) is 0 Å². The summed E-state index contributed by atoms with van der Waals surface area (Å²) < 4.78 is 0. The summed E-state index contributed by atoms with van der Waals surface area (Å²) in [5.41, 5.74) is 5.70. The molecule has 2 aromatic rings. The van der Waals surface area contributed by atoms with E-state index < -0.39 is 0 Å². The summed E-state index contributed by atoms with van der Waals surface area (Å²) >= 11 is 0. The summed E-state index contributed by atoms with van der Waals surface area (Å²) in [6, 6.07) is 17.6. The first kappa shape index (κ1) is 27.9. The molecule has 0 bridgehead atoms. The molecule has 2 aromatic carbocycles. The highest BCUT2D eigenvalue weighted by Gasteiger charge is 2.55. The van der Waals surface area contributed by atoms with Gasteiger partial charge >= 0.3 is 0 Å². The summed E-state index contributed by atoms with van der Waals surface area (Å²) in [4.78, 5) is 0. The number of hydrogen-bond donors (Lipinski definition) is 2. The zero-order valence-corrected chi connectivity index (χ0v) is 23.7. The summed E-state index contributed by atoms with van der Waals surface area (Å²) in [5, 5.41) is 16.6. The molecule has 35 heavy (non-hydrogen) atoms. The topological polar surface area (TPSA) is 35.5 Å². The molecule has 0 spiro atoms. The molecule has 2 aliphatic rings. The van der Waals surface area contributed by atoms with Crippen LogP contribution in [0.15, 0.2) is 48.5 Å². The SMILES string of the molecule is CCC1(CC)NC(CC)(CC)c2ccccc21.CCC1(CC)c2ccccc2C(CC)(CC)N1O. The molecule has 0 aromatic heterocycles. The summed E-state index contributed by atoms with van der Waals surface area (Å²) in [7, 11) is 0. The van der Waals surface area contributed by atoms with E-state index in [1.54, 1.807) is 5.06 Å². The fourth-order valence-electron chi connectivity index (χ4n) is 7.32. The van der Waals surface area contributed by atoms with E-state index in [1.165, 1.54) is 47.9 Å². The second kappa shape index (κ2) is 10.7. The van der Waals surface area contributed by atoms with E-state index in [1.807, 2.05) is 0 Å². The highest BCUT2D eigenvalue weighted by Crippen LogP contribution is 2.54. The van der Waals surface area contributed by atoms with Crippen molar-refractivity contribution in [2.75, 3.05) is 0 Å². The van der Waals surface area contributed by atoms with E-state index in [2.05, 4.69) is 109 Å². The van der Waals surface area contributed by atoms with Gasteiger partial charge < -0.3 is 5.21 Å². The van der Waals surface area contributed by atoms with Crippen LogP contribution in [0.1, 0.15) is 129 Å². The van der Waals surface area contributed by atoms with Gasteiger partial charge in [-0.05, 0) is 73.6 Å². The third kappa shape index (κ3) is 3.99. The number of hydrogen-bond acceptors (Lipinski definition) is 3. The van der Waals surface area contributed by atoms with Gasteiger partial charge in [0.2, 0.25) is 0 Å². The number of fused-ring (bicyclic) bond motifs is 2. The molecular formula is C32H50N2O. The Labute approximate surface area is 215 Å². The fourth-order valence-corrected chi connectivity index (χ4v) is 7.32. The third-order valence-corrected chi connectivity index (χ3v) is 9.93. The lowest BCUT2D eigenvalue weighted by Gasteiger charge is -2.42. The van der Waals surface area contributed by atoms with Crippen LogP contribution in [0.3, 0.4) is 0 Å². The first-order valence-corrected chi connectivity index (χ1v) is 14.3. The highest BCUT2D eigenvalue weighted by molar-refractivity contribution is 5.45. The molecule has 2 aliphatic heterocycles. The van der Waals surface area contributed by atoms with Crippen LogP contribution >= 0.6 is 0 Å². The van der Waals surface area contributed by atoms with Crippen LogP contribution in [0.4, 0.5) is 0 Å². The summed E-state index contributed by atoms with van der Waals surface area (Å²) in [6.07, 6.45) is 8.45. The van der Waals surface area contributed by atoms with E-state index in [4.69, 9.17) is 0 Å². The van der Waals surface area contributed by atoms with Crippen LogP contribution in [0.25, 0.3) is 0 Å². The second-order valence-electron chi connectivity index (χ2n) is 10.6. The maximum atomic E-state index is 10.9. The maximum Gasteiger partial charge on any atom is 0.0717 e. The molecule has 4 rings (SSSR count). The third-order valence-electron chi connectivity index (χ3n) is 9.93. The monoisotopic (exact) mass is 478 g/mol. The number of benzene rings is 2. The first-order chi connectivity index (χ1) is 16.8. The van der Waals surface area contributed by atoms with E-state index in [0.29, 0.717) is 0 Å². The average Bonchev–Trinajstić information content (AvgIpc) is 3.34. The minimum Gasteiger partial charge on any atom is -0.312 e. The zero-order chi connectivity index (χ0) is 25.9. The van der Waals surface area contributed by atoms with Crippen LogP contribution < -0.4 is 5.32 Å². The Morgan fingerprint density at radius 2 is 0.800 bits per heavy atom. The van der Waals surface area contributed by atoms with Crippen LogP contribution in [0.5, 0.6) is 0 Å². The van der Waals surface area contributed by atoms with Gasteiger partial charge in [0.05, 0.1) is 11.1 Å². The Hall–Kier alpha value is -1.68. The molecule has 2 heterocycles. The van der Waals surface area contributed by atoms with Crippen molar-refractivity contribution in [1.82, 2.24) is 10.4 Å². The van der Waals surface area contributed by atoms with Gasteiger partial charge in [-0.15, -0.1) is 0 Å². The quantitative estimate of drug-likeness (QED) is 0.398. The number of nitrogens with one attached hydrogen (secondary N) is 1. The van der Waals surface area contributed by atoms with Gasteiger partial charge in [0, 0.05) is 11.1 Å². The van der Waals surface area contributed by atoms with E-state index in [-0.39, 0.29) is 22.2 Å². The lowest BCUT2D eigenvalue weighted by atomic mass is 9.83. The zero-order valence-electron chi connectivity index (χ0n) is 23.7. The van der Waals surface area contributed by atoms with E-state index >= 15 is 0 Å². The van der Waals surface area contributed by atoms with Gasteiger partial charge in [-0.2, -0.15) is 5.06 Å². The molecule has 3 nitrogen and oxygen atoms in total. The van der Waals surface area contributed by atoms with Crippen molar-refractivity contribution in [2.45, 2.75) is 129 Å². The molecule has 2 N–H and O–H groups in total. The largest absolute Gasteiger partial charge is 0.312 e. The van der Waals surface area contributed by atoms with Crippen molar-refractivity contribution in [3.05, 3.63) is 70.8 Å². The number of hydroxylamine groups is 2. The summed E-state index contributed by atoms with van der Waals surface area (Å²) in [5.74, 6) is 0. The Morgan fingerprint density at radius 1 is 0.514 bits per heavy atom. The first-order valence-electron chi connectivity index (χ1n) is 14.3. The predicted molar refractivity (Wildman–Crippen MR) is 149 cm³/mol. The fraction of sp³-hybridized carbons (Fsp3) is 0.625. The van der Waals surface area contributed by atoms with E-state index in [0.717, 1.165) is 25.7 Å². The van der Waals surface area contributed by atoms with Gasteiger partial charge in [-0.1, -0.05) is 104 Å². The molecule has 0 fully saturated rings. The molecule has 0 unspecified atom stereocenters. The Kier molecular flexibility index (Phi) is 8.57. The summed E-state index contributed by atoms with van der Waals surface area (Å²) in [6.45, 7) is 17.9. The van der Waals surface area contributed by atoms with Crippen LogP contribution in [-0.2, 0) is 22.2 Å². The van der Waals surface area contributed by atoms with Crippen molar-refractivity contribution < 1.29 is 5.21 Å².